The molecule has 2 aliphatic carbocycles. The van der Waals surface area contributed by atoms with Gasteiger partial charge in [-0.25, -0.2) is 4.98 Å². The first kappa shape index (κ1) is 25.0. The lowest BCUT2D eigenvalue weighted by Crippen LogP contribution is -2.56. The Balaban J connectivity index is 1.30. The Labute approximate surface area is 216 Å². The third-order valence-corrected chi connectivity index (χ3v) is 7.86. The van der Waals surface area contributed by atoms with E-state index in [1.165, 1.54) is 19.3 Å². The summed E-state index contributed by atoms with van der Waals surface area (Å²) in [5.41, 5.74) is 0.253. The molecule has 0 radical (unpaired) electrons. The maximum Gasteiger partial charge on any atom is 0.257 e. The minimum Gasteiger partial charge on any atom is -0.438 e. The highest BCUT2D eigenvalue weighted by atomic mass is 35.5. The first-order valence-corrected chi connectivity index (χ1v) is 13.1. The van der Waals surface area contributed by atoms with Crippen molar-refractivity contribution in [2.24, 2.45) is 11.8 Å². The number of benzene rings is 1. The van der Waals surface area contributed by atoms with Crippen molar-refractivity contribution < 1.29 is 19.1 Å². The Kier molecular flexibility index (Phi) is 7.74. The second kappa shape index (κ2) is 11.2. The van der Waals surface area contributed by atoms with Crippen LogP contribution in [0.4, 0.5) is 0 Å². The minimum absolute atomic E-state index is 0.108. The molecule has 3 aliphatic rings. The summed E-state index contributed by atoms with van der Waals surface area (Å²) in [4.78, 5) is 35.2. The Hall–Kier alpha value is -2.68. The standard InChI is InChI=1S/C27H33ClN4O4/c1-31-11-13-32(14-12-31)27(34)23(17-35-24-16-18-4-5-19(24)15-18)30-25(33)22-3-2-10-29-26(22)36-21-8-6-20(28)7-9-21/h2-3,6-10,18-19,23-24H,4-5,11-17H2,1H3,(H,30,33)/t18?,19?,23-,24?/m1/s1. The van der Waals surface area contributed by atoms with Crippen molar-refractivity contribution in [1.29, 1.82) is 0 Å². The second-order valence-electron chi connectivity index (χ2n) is 10.1. The molecular weight excluding hydrogens is 480 g/mol. The fourth-order valence-corrected chi connectivity index (χ4v) is 5.65. The van der Waals surface area contributed by atoms with Crippen LogP contribution < -0.4 is 10.1 Å². The molecule has 4 atom stereocenters. The smallest absolute Gasteiger partial charge is 0.257 e. The van der Waals surface area contributed by atoms with Gasteiger partial charge < -0.3 is 24.6 Å². The Morgan fingerprint density at radius 2 is 1.89 bits per heavy atom. The van der Waals surface area contributed by atoms with Crippen LogP contribution in [-0.4, -0.2) is 78.6 Å². The van der Waals surface area contributed by atoms with E-state index in [2.05, 4.69) is 15.2 Å². The largest absolute Gasteiger partial charge is 0.438 e. The quantitative estimate of drug-likeness (QED) is 0.582. The third kappa shape index (κ3) is 5.82. The lowest BCUT2D eigenvalue weighted by molar-refractivity contribution is -0.137. The highest BCUT2D eigenvalue weighted by Crippen LogP contribution is 2.45. The highest BCUT2D eigenvalue weighted by molar-refractivity contribution is 6.30. The lowest BCUT2D eigenvalue weighted by Gasteiger charge is -2.35. The van der Waals surface area contributed by atoms with Gasteiger partial charge in [0.05, 0.1) is 12.7 Å². The highest BCUT2D eigenvalue weighted by Gasteiger charge is 2.41. The van der Waals surface area contributed by atoms with Gasteiger partial charge in [-0.05, 0) is 81.0 Å². The van der Waals surface area contributed by atoms with Crippen molar-refractivity contribution in [2.75, 3.05) is 39.8 Å². The third-order valence-electron chi connectivity index (χ3n) is 7.61. The summed E-state index contributed by atoms with van der Waals surface area (Å²) < 4.78 is 12.1. The number of likely N-dealkylation sites (N-methyl/N-ethyl adjacent to an activating group) is 1. The normalized spacial score (nSPS) is 24.5. The van der Waals surface area contributed by atoms with Crippen molar-refractivity contribution in [2.45, 2.75) is 37.8 Å². The minimum atomic E-state index is -0.774. The van der Waals surface area contributed by atoms with Crippen molar-refractivity contribution in [3.05, 3.63) is 53.2 Å². The number of ether oxygens (including phenoxy) is 2. The van der Waals surface area contributed by atoms with Gasteiger partial charge in [-0.2, -0.15) is 0 Å². The maximum absolute atomic E-state index is 13.5. The molecule has 5 rings (SSSR count). The summed E-state index contributed by atoms with van der Waals surface area (Å²) in [5, 5.41) is 3.52. The lowest BCUT2D eigenvalue weighted by atomic mass is 9.98. The van der Waals surface area contributed by atoms with Crippen LogP contribution in [0.3, 0.4) is 0 Å². The molecule has 1 aromatic carbocycles. The number of carbonyl (C=O) groups excluding carboxylic acids is 2. The molecule has 3 unspecified atom stereocenters. The van der Waals surface area contributed by atoms with E-state index in [0.29, 0.717) is 29.8 Å². The molecule has 3 fully saturated rings. The first-order chi connectivity index (χ1) is 17.5. The van der Waals surface area contributed by atoms with Gasteiger partial charge in [0.25, 0.3) is 5.91 Å². The number of nitrogens with one attached hydrogen (secondary N) is 1. The number of halogens is 1. The van der Waals surface area contributed by atoms with Crippen molar-refractivity contribution in [3.63, 3.8) is 0 Å². The van der Waals surface area contributed by atoms with Gasteiger partial charge >= 0.3 is 0 Å². The van der Waals surface area contributed by atoms with Gasteiger partial charge in [-0.3, -0.25) is 9.59 Å². The zero-order valence-corrected chi connectivity index (χ0v) is 21.3. The zero-order chi connectivity index (χ0) is 25.1. The number of amides is 2. The molecule has 2 bridgehead atoms. The molecule has 1 aromatic heterocycles. The summed E-state index contributed by atoms with van der Waals surface area (Å²) in [5.74, 6) is 1.46. The van der Waals surface area contributed by atoms with Crippen molar-refractivity contribution in [3.8, 4) is 11.6 Å². The predicted octanol–water partition coefficient (Wildman–Crippen LogP) is 3.60. The molecule has 36 heavy (non-hydrogen) atoms. The number of pyridine rings is 1. The number of nitrogens with zero attached hydrogens (tertiary/aromatic N) is 3. The molecular formula is C27H33ClN4O4. The number of piperazine rings is 1. The number of rotatable bonds is 8. The summed E-state index contributed by atoms with van der Waals surface area (Å²) in [6.07, 6.45) is 6.48. The summed E-state index contributed by atoms with van der Waals surface area (Å²) >= 11 is 5.97. The van der Waals surface area contributed by atoms with E-state index in [4.69, 9.17) is 21.1 Å². The average Bonchev–Trinajstić information content (AvgIpc) is 3.52. The van der Waals surface area contributed by atoms with Gasteiger partial charge in [0.2, 0.25) is 11.8 Å². The van der Waals surface area contributed by atoms with E-state index in [9.17, 15) is 9.59 Å². The molecule has 9 heteroatoms. The number of hydrogen-bond donors (Lipinski definition) is 1. The van der Waals surface area contributed by atoms with Crippen LogP contribution in [0, 0.1) is 11.8 Å². The molecule has 2 aromatic rings. The molecule has 0 spiro atoms. The molecule has 2 saturated carbocycles. The molecule has 8 nitrogen and oxygen atoms in total. The van der Waals surface area contributed by atoms with E-state index in [0.717, 1.165) is 25.4 Å². The van der Waals surface area contributed by atoms with Crippen LogP contribution in [0.15, 0.2) is 42.6 Å². The van der Waals surface area contributed by atoms with Gasteiger partial charge in [-0.1, -0.05) is 11.6 Å². The first-order valence-electron chi connectivity index (χ1n) is 12.7. The maximum atomic E-state index is 13.5. The SMILES string of the molecule is CN1CCN(C(=O)[C@@H](COC2CC3CCC2C3)NC(=O)c2cccnc2Oc2ccc(Cl)cc2)CC1. The molecule has 2 amide bonds. The van der Waals surface area contributed by atoms with E-state index in [-0.39, 0.29) is 30.1 Å². The van der Waals surface area contributed by atoms with Gasteiger partial charge in [0, 0.05) is 37.4 Å². The van der Waals surface area contributed by atoms with E-state index < -0.39 is 11.9 Å². The zero-order valence-electron chi connectivity index (χ0n) is 20.6. The van der Waals surface area contributed by atoms with Crippen LogP contribution in [0.5, 0.6) is 11.6 Å². The monoisotopic (exact) mass is 512 g/mol. The van der Waals surface area contributed by atoms with E-state index in [1.807, 2.05) is 11.9 Å². The summed E-state index contributed by atoms with van der Waals surface area (Å²) in [6.45, 7) is 3.04. The molecule has 1 N–H and O–H groups in total. The van der Waals surface area contributed by atoms with Gasteiger partial charge in [0.15, 0.2) is 0 Å². The van der Waals surface area contributed by atoms with Crippen LogP contribution in [0.25, 0.3) is 0 Å². The molecule has 192 valence electrons. The van der Waals surface area contributed by atoms with E-state index >= 15 is 0 Å². The van der Waals surface area contributed by atoms with Gasteiger partial charge in [0.1, 0.15) is 17.4 Å². The average molecular weight is 513 g/mol. The Bertz CT molecular complexity index is 1070. The fraction of sp³-hybridized carbons (Fsp3) is 0.519. The van der Waals surface area contributed by atoms with Crippen LogP contribution in [-0.2, 0) is 9.53 Å². The summed E-state index contributed by atoms with van der Waals surface area (Å²) in [6, 6.07) is 9.37. The Morgan fingerprint density at radius 3 is 2.58 bits per heavy atom. The number of hydrogen-bond acceptors (Lipinski definition) is 6. The number of aromatic nitrogens is 1. The topological polar surface area (TPSA) is 84.0 Å². The number of carbonyl (C=O) groups is 2. The predicted molar refractivity (Wildman–Crippen MR) is 136 cm³/mol. The van der Waals surface area contributed by atoms with Crippen LogP contribution in [0.1, 0.15) is 36.0 Å². The van der Waals surface area contributed by atoms with E-state index in [1.54, 1.807) is 42.6 Å². The van der Waals surface area contributed by atoms with Crippen LogP contribution >= 0.6 is 11.6 Å². The summed E-state index contributed by atoms with van der Waals surface area (Å²) in [7, 11) is 2.05. The van der Waals surface area contributed by atoms with Crippen molar-refractivity contribution in [1.82, 2.24) is 20.1 Å². The van der Waals surface area contributed by atoms with Crippen molar-refractivity contribution >= 4 is 23.4 Å². The van der Waals surface area contributed by atoms with Gasteiger partial charge in [-0.15, -0.1) is 0 Å². The molecule has 1 saturated heterocycles. The number of fused-ring (bicyclic) bond motifs is 2. The fourth-order valence-electron chi connectivity index (χ4n) is 5.53. The molecule has 1 aliphatic heterocycles. The van der Waals surface area contributed by atoms with Crippen LogP contribution in [0.2, 0.25) is 5.02 Å². The molecule has 2 heterocycles. The Morgan fingerprint density at radius 1 is 1.11 bits per heavy atom. The second-order valence-corrected chi connectivity index (χ2v) is 10.5.